The lowest BCUT2D eigenvalue weighted by atomic mass is 10.2. The molecule has 0 bridgehead atoms. The summed E-state index contributed by atoms with van der Waals surface area (Å²) < 4.78 is 17.5. The minimum atomic E-state index is -0.324. The van der Waals surface area contributed by atoms with Crippen LogP contribution in [0, 0.1) is 12.7 Å². The van der Waals surface area contributed by atoms with Crippen LogP contribution in [-0.4, -0.2) is 19.3 Å². The monoisotopic (exact) mass is 292 g/mol. The summed E-state index contributed by atoms with van der Waals surface area (Å²) in [6, 6.07) is 4.95. The average molecular weight is 293 g/mol. The van der Waals surface area contributed by atoms with Crippen molar-refractivity contribution in [3.8, 4) is 0 Å². The van der Waals surface area contributed by atoms with Crippen molar-refractivity contribution in [2.75, 3.05) is 0 Å². The maximum absolute atomic E-state index is 13.8. The van der Waals surface area contributed by atoms with Gasteiger partial charge in [-0.3, -0.25) is 4.68 Å². The van der Waals surface area contributed by atoms with E-state index in [0.717, 1.165) is 16.8 Å². The molecule has 0 aliphatic heterocycles. The summed E-state index contributed by atoms with van der Waals surface area (Å²) in [5.41, 5.74) is 3.14. The van der Waals surface area contributed by atoms with Crippen molar-refractivity contribution in [2.24, 2.45) is 7.05 Å². The molecular weight excluding hydrogens is 279 g/mol. The SMILES string of the molecule is Cc1nn(C)cc1Cn1c(CCl)nc2c(F)cccc21. The second kappa shape index (κ2) is 4.90. The van der Waals surface area contributed by atoms with E-state index < -0.39 is 0 Å². The molecule has 0 spiro atoms. The summed E-state index contributed by atoms with van der Waals surface area (Å²) in [4.78, 5) is 4.29. The van der Waals surface area contributed by atoms with Crippen molar-refractivity contribution >= 4 is 22.6 Å². The molecule has 104 valence electrons. The molecule has 0 atom stereocenters. The molecule has 2 aromatic heterocycles. The highest BCUT2D eigenvalue weighted by molar-refractivity contribution is 6.16. The minimum Gasteiger partial charge on any atom is -0.322 e. The Labute approximate surface area is 120 Å². The summed E-state index contributed by atoms with van der Waals surface area (Å²) in [5.74, 6) is 0.582. The molecule has 0 radical (unpaired) electrons. The molecule has 0 fully saturated rings. The fourth-order valence-electron chi connectivity index (χ4n) is 2.41. The minimum absolute atomic E-state index is 0.243. The number of hydrogen-bond donors (Lipinski definition) is 0. The number of aromatic nitrogens is 4. The van der Waals surface area contributed by atoms with E-state index in [4.69, 9.17) is 11.6 Å². The van der Waals surface area contributed by atoms with Gasteiger partial charge in [-0.15, -0.1) is 11.6 Å². The van der Waals surface area contributed by atoms with E-state index in [1.807, 2.05) is 30.8 Å². The Morgan fingerprint density at radius 3 is 2.80 bits per heavy atom. The van der Waals surface area contributed by atoms with Gasteiger partial charge in [0.25, 0.3) is 0 Å². The standard InChI is InChI=1S/C14H14ClFN4/c1-9-10(7-19(2)18-9)8-20-12-5-3-4-11(16)14(12)17-13(20)6-15/h3-5,7H,6,8H2,1-2H3. The third kappa shape index (κ3) is 2.08. The number of para-hydroxylation sites is 1. The third-order valence-corrected chi connectivity index (χ3v) is 3.61. The molecule has 0 saturated heterocycles. The molecule has 4 nitrogen and oxygen atoms in total. The Balaban J connectivity index is 2.15. The molecule has 20 heavy (non-hydrogen) atoms. The summed E-state index contributed by atoms with van der Waals surface area (Å²) in [6.45, 7) is 2.54. The fraction of sp³-hybridized carbons (Fsp3) is 0.286. The van der Waals surface area contributed by atoms with Gasteiger partial charge < -0.3 is 4.57 Å². The van der Waals surface area contributed by atoms with E-state index in [-0.39, 0.29) is 11.7 Å². The van der Waals surface area contributed by atoms with E-state index in [1.165, 1.54) is 6.07 Å². The number of hydrogen-bond acceptors (Lipinski definition) is 2. The summed E-state index contributed by atoms with van der Waals surface area (Å²) in [7, 11) is 1.88. The van der Waals surface area contributed by atoms with Crippen LogP contribution < -0.4 is 0 Å². The highest BCUT2D eigenvalue weighted by Gasteiger charge is 2.14. The zero-order valence-corrected chi connectivity index (χ0v) is 12.0. The lowest BCUT2D eigenvalue weighted by Gasteiger charge is -2.06. The number of aryl methyl sites for hydroxylation is 2. The van der Waals surface area contributed by atoms with Gasteiger partial charge in [-0.2, -0.15) is 5.10 Å². The largest absolute Gasteiger partial charge is 0.322 e. The number of imidazole rings is 1. The zero-order valence-electron chi connectivity index (χ0n) is 11.3. The van der Waals surface area contributed by atoms with Gasteiger partial charge in [0.2, 0.25) is 0 Å². The van der Waals surface area contributed by atoms with Gasteiger partial charge in [0.05, 0.1) is 23.6 Å². The van der Waals surface area contributed by atoms with Crippen LogP contribution in [-0.2, 0) is 19.5 Å². The van der Waals surface area contributed by atoms with Crippen molar-refractivity contribution in [1.29, 1.82) is 0 Å². The number of alkyl halides is 1. The van der Waals surface area contributed by atoms with Gasteiger partial charge in [0.1, 0.15) is 11.3 Å². The maximum Gasteiger partial charge on any atom is 0.151 e. The lowest BCUT2D eigenvalue weighted by Crippen LogP contribution is -2.04. The Hall–Kier alpha value is -1.88. The van der Waals surface area contributed by atoms with E-state index >= 15 is 0 Å². The first kappa shape index (κ1) is 13.1. The van der Waals surface area contributed by atoms with Crippen molar-refractivity contribution < 1.29 is 4.39 Å². The molecule has 2 heterocycles. The van der Waals surface area contributed by atoms with Crippen LogP contribution in [0.3, 0.4) is 0 Å². The van der Waals surface area contributed by atoms with Crippen molar-refractivity contribution in [3.05, 3.63) is 47.3 Å². The molecule has 0 aliphatic carbocycles. The zero-order chi connectivity index (χ0) is 14.3. The Kier molecular flexibility index (Phi) is 3.22. The maximum atomic E-state index is 13.8. The normalized spacial score (nSPS) is 11.4. The van der Waals surface area contributed by atoms with Gasteiger partial charge in [-0.05, 0) is 19.1 Å². The molecule has 3 rings (SSSR count). The Morgan fingerprint density at radius 1 is 1.35 bits per heavy atom. The van der Waals surface area contributed by atoms with Crippen LogP contribution in [0.15, 0.2) is 24.4 Å². The van der Waals surface area contributed by atoms with Crippen molar-refractivity contribution in [3.63, 3.8) is 0 Å². The second-order valence-corrected chi connectivity index (χ2v) is 5.04. The predicted octanol–water partition coefficient (Wildman–Crippen LogP) is 3.00. The van der Waals surface area contributed by atoms with E-state index in [2.05, 4.69) is 10.1 Å². The van der Waals surface area contributed by atoms with Crippen molar-refractivity contribution in [2.45, 2.75) is 19.3 Å². The fourth-order valence-corrected chi connectivity index (χ4v) is 2.62. The van der Waals surface area contributed by atoms with Gasteiger partial charge in [-0.25, -0.2) is 9.37 Å². The number of halogens is 2. The molecule has 0 aliphatic rings. The van der Waals surface area contributed by atoms with Gasteiger partial charge in [0.15, 0.2) is 5.82 Å². The molecule has 0 saturated carbocycles. The van der Waals surface area contributed by atoms with Gasteiger partial charge in [0, 0.05) is 18.8 Å². The van der Waals surface area contributed by atoms with Crippen LogP contribution in [0.4, 0.5) is 4.39 Å². The number of benzene rings is 1. The van der Waals surface area contributed by atoms with E-state index in [9.17, 15) is 4.39 Å². The summed E-state index contributed by atoms with van der Waals surface area (Å²) >= 11 is 5.94. The number of fused-ring (bicyclic) bond motifs is 1. The van der Waals surface area contributed by atoms with Crippen LogP contribution in [0.1, 0.15) is 17.1 Å². The Morgan fingerprint density at radius 2 is 2.15 bits per heavy atom. The molecule has 0 amide bonds. The van der Waals surface area contributed by atoms with Gasteiger partial charge in [-0.1, -0.05) is 6.07 Å². The van der Waals surface area contributed by atoms with E-state index in [0.29, 0.717) is 17.9 Å². The smallest absolute Gasteiger partial charge is 0.151 e. The molecule has 6 heteroatoms. The first-order valence-electron chi connectivity index (χ1n) is 6.29. The summed E-state index contributed by atoms with van der Waals surface area (Å²) in [6.07, 6.45) is 1.96. The number of rotatable bonds is 3. The Bertz CT molecular complexity index is 775. The average Bonchev–Trinajstić information content (AvgIpc) is 2.92. The quantitative estimate of drug-likeness (QED) is 0.696. The molecule has 0 N–H and O–H groups in total. The molecule has 1 aromatic carbocycles. The third-order valence-electron chi connectivity index (χ3n) is 3.37. The van der Waals surface area contributed by atoms with E-state index in [1.54, 1.807) is 10.7 Å². The van der Waals surface area contributed by atoms with Gasteiger partial charge >= 0.3 is 0 Å². The molecule has 0 unspecified atom stereocenters. The van der Waals surface area contributed by atoms with Crippen LogP contribution in [0.2, 0.25) is 0 Å². The topological polar surface area (TPSA) is 35.6 Å². The summed E-state index contributed by atoms with van der Waals surface area (Å²) in [5, 5.41) is 4.32. The first-order chi connectivity index (χ1) is 9.60. The molecule has 3 aromatic rings. The van der Waals surface area contributed by atoms with Crippen LogP contribution >= 0.6 is 11.6 Å². The second-order valence-electron chi connectivity index (χ2n) is 4.77. The number of nitrogens with zero attached hydrogens (tertiary/aromatic N) is 4. The highest BCUT2D eigenvalue weighted by atomic mass is 35.5. The van der Waals surface area contributed by atoms with Crippen LogP contribution in [0.5, 0.6) is 0 Å². The van der Waals surface area contributed by atoms with Crippen LogP contribution in [0.25, 0.3) is 11.0 Å². The molecular formula is C14H14ClFN4. The predicted molar refractivity (Wildman–Crippen MR) is 76.3 cm³/mol. The van der Waals surface area contributed by atoms with Crippen molar-refractivity contribution in [1.82, 2.24) is 19.3 Å². The highest BCUT2D eigenvalue weighted by Crippen LogP contribution is 2.22. The lowest BCUT2D eigenvalue weighted by molar-refractivity contribution is 0.637. The first-order valence-corrected chi connectivity index (χ1v) is 6.82.